The summed E-state index contributed by atoms with van der Waals surface area (Å²) < 4.78 is 4.28. The number of methoxy groups -OCH3 is 1. The van der Waals surface area contributed by atoms with Crippen molar-refractivity contribution >= 4 is 17.5 Å². The summed E-state index contributed by atoms with van der Waals surface area (Å²) in [5, 5.41) is 10.4. The van der Waals surface area contributed by atoms with E-state index in [1.807, 2.05) is 0 Å². The molecule has 1 heterocycles. The quantitative estimate of drug-likeness (QED) is 0.311. The van der Waals surface area contributed by atoms with Crippen molar-refractivity contribution in [1.82, 2.24) is 4.98 Å². The van der Waals surface area contributed by atoms with Gasteiger partial charge in [0.25, 0.3) is 5.69 Å². The lowest BCUT2D eigenvalue weighted by Gasteiger charge is -1.96. The number of pyridine rings is 1. The average Bonchev–Trinajstić information content (AvgIpc) is 2.27. The number of nitrogens with zero attached hydrogens (tertiary/aromatic N) is 2. The number of anilines is 1. The lowest BCUT2D eigenvalue weighted by molar-refractivity contribution is -0.385. The monoisotopic (exact) mass is 221 g/mol. The van der Waals surface area contributed by atoms with Crippen LogP contribution in [-0.4, -0.2) is 23.0 Å². The molecule has 82 valence electrons. The summed E-state index contributed by atoms with van der Waals surface area (Å²) >= 11 is 0. The number of carbonyl (C=O) groups excluding carboxylic acids is 1. The molecule has 0 amide bonds. The first-order valence-electron chi connectivity index (χ1n) is 4.04. The highest BCUT2D eigenvalue weighted by atomic mass is 16.6. The van der Waals surface area contributed by atoms with E-state index >= 15 is 0 Å². The van der Waals surface area contributed by atoms with Gasteiger partial charge in [-0.05, 0) is 0 Å². The highest BCUT2D eigenvalue weighted by Crippen LogP contribution is 2.15. The maximum absolute atomic E-state index is 10.7. The van der Waals surface area contributed by atoms with E-state index < -0.39 is 10.9 Å². The highest BCUT2D eigenvalue weighted by Gasteiger charge is 2.08. The van der Waals surface area contributed by atoms with E-state index in [4.69, 9.17) is 5.73 Å². The summed E-state index contributed by atoms with van der Waals surface area (Å²) in [6.45, 7) is 0. The standard InChI is InChI=1S/C9H7N3O4/c1-16-8(13)3-2-6-4-7(12(14)15)5-11-9(6)10/h4-5H,1H3,(H2,10,11). The summed E-state index contributed by atoms with van der Waals surface area (Å²) in [6.07, 6.45) is 1.01. The normalized spacial score (nSPS) is 8.81. The molecule has 1 aromatic rings. The molecule has 0 saturated heterocycles. The molecule has 7 heteroatoms. The maximum Gasteiger partial charge on any atom is 0.384 e. The van der Waals surface area contributed by atoms with Crippen LogP contribution in [0.5, 0.6) is 0 Å². The number of aromatic nitrogens is 1. The van der Waals surface area contributed by atoms with Crippen molar-refractivity contribution in [3.05, 3.63) is 27.9 Å². The molecule has 0 aliphatic heterocycles. The van der Waals surface area contributed by atoms with Gasteiger partial charge in [0.1, 0.15) is 12.0 Å². The average molecular weight is 221 g/mol. The van der Waals surface area contributed by atoms with Crippen LogP contribution in [0.3, 0.4) is 0 Å². The first-order valence-corrected chi connectivity index (χ1v) is 4.04. The minimum absolute atomic E-state index is 0.0157. The van der Waals surface area contributed by atoms with E-state index in [1.54, 1.807) is 0 Å². The summed E-state index contributed by atoms with van der Waals surface area (Å²) in [4.78, 5) is 24.1. The Morgan fingerprint density at radius 1 is 1.69 bits per heavy atom. The Morgan fingerprint density at radius 3 is 2.94 bits per heavy atom. The Balaban J connectivity index is 3.11. The van der Waals surface area contributed by atoms with E-state index in [1.165, 1.54) is 7.11 Å². The summed E-state index contributed by atoms with van der Waals surface area (Å²) in [7, 11) is 1.17. The van der Waals surface area contributed by atoms with E-state index in [9.17, 15) is 14.9 Å². The van der Waals surface area contributed by atoms with Gasteiger partial charge in [0.05, 0.1) is 17.6 Å². The Morgan fingerprint density at radius 2 is 2.38 bits per heavy atom. The molecule has 0 aliphatic rings. The van der Waals surface area contributed by atoms with Crippen molar-refractivity contribution in [3.63, 3.8) is 0 Å². The number of hydrogen-bond donors (Lipinski definition) is 1. The van der Waals surface area contributed by atoms with Gasteiger partial charge < -0.3 is 10.5 Å². The Kier molecular flexibility index (Phi) is 3.40. The molecule has 1 rings (SSSR count). The fraction of sp³-hybridized carbons (Fsp3) is 0.111. The maximum atomic E-state index is 10.7. The lowest BCUT2D eigenvalue weighted by atomic mass is 10.2. The second-order valence-corrected chi connectivity index (χ2v) is 2.63. The molecule has 0 aromatic carbocycles. The molecule has 0 aliphatic carbocycles. The molecule has 16 heavy (non-hydrogen) atoms. The van der Waals surface area contributed by atoms with Gasteiger partial charge in [0.15, 0.2) is 0 Å². The zero-order valence-electron chi connectivity index (χ0n) is 8.26. The molecule has 0 atom stereocenters. The number of rotatable bonds is 1. The predicted octanol–water partition coefficient (Wildman–Crippen LogP) is 0.0965. The molecule has 0 unspecified atom stereocenters. The van der Waals surface area contributed by atoms with Gasteiger partial charge >= 0.3 is 5.97 Å². The number of ether oxygens (including phenoxy) is 1. The van der Waals surface area contributed by atoms with Crippen molar-refractivity contribution in [3.8, 4) is 11.8 Å². The number of nitrogen functional groups attached to an aromatic ring is 1. The van der Waals surface area contributed by atoms with Gasteiger partial charge in [0.2, 0.25) is 0 Å². The molecule has 0 bridgehead atoms. The molecule has 2 N–H and O–H groups in total. The molecular weight excluding hydrogens is 214 g/mol. The first-order chi connectivity index (χ1) is 7.54. The van der Waals surface area contributed by atoms with Crippen LogP contribution in [-0.2, 0) is 9.53 Å². The minimum atomic E-state index is -0.758. The van der Waals surface area contributed by atoms with E-state index in [0.717, 1.165) is 12.3 Å². The van der Waals surface area contributed by atoms with Gasteiger partial charge in [-0.25, -0.2) is 9.78 Å². The fourth-order valence-electron chi connectivity index (χ4n) is 0.834. The summed E-state index contributed by atoms with van der Waals surface area (Å²) in [5.41, 5.74) is 5.29. The molecule has 0 fully saturated rings. The van der Waals surface area contributed by atoms with Crippen LogP contribution in [0.4, 0.5) is 11.5 Å². The molecule has 0 saturated carbocycles. The Labute approximate surface area is 90.4 Å². The van der Waals surface area contributed by atoms with Crippen LogP contribution in [0.2, 0.25) is 0 Å². The van der Waals surface area contributed by atoms with Gasteiger partial charge in [-0.3, -0.25) is 10.1 Å². The molecular formula is C9H7N3O4. The third kappa shape index (κ3) is 2.68. The second-order valence-electron chi connectivity index (χ2n) is 2.63. The zero-order chi connectivity index (χ0) is 12.1. The number of esters is 1. The van der Waals surface area contributed by atoms with Crippen LogP contribution in [0.25, 0.3) is 0 Å². The highest BCUT2D eigenvalue weighted by molar-refractivity contribution is 5.89. The van der Waals surface area contributed by atoms with Crippen LogP contribution in [0.1, 0.15) is 5.56 Å². The van der Waals surface area contributed by atoms with Gasteiger partial charge in [-0.15, -0.1) is 0 Å². The molecule has 0 spiro atoms. The second kappa shape index (κ2) is 4.75. The largest absolute Gasteiger partial charge is 0.459 e. The SMILES string of the molecule is COC(=O)C#Cc1cc([N+](=O)[O-])cnc1N. The van der Waals surface area contributed by atoms with Crippen molar-refractivity contribution < 1.29 is 14.5 Å². The van der Waals surface area contributed by atoms with Gasteiger partial charge in [0, 0.05) is 12.0 Å². The minimum Gasteiger partial charge on any atom is -0.459 e. The van der Waals surface area contributed by atoms with Crippen molar-refractivity contribution in [2.24, 2.45) is 0 Å². The molecule has 0 radical (unpaired) electrons. The van der Waals surface area contributed by atoms with Gasteiger partial charge in [-0.1, -0.05) is 5.92 Å². The number of nitro groups is 1. The van der Waals surface area contributed by atoms with E-state index in [-0.39, 0.29) is 17.1 Å². The fourth-order valence-corrected chi connectivity index (χ4v) is 0.834. The lowest BCUT2D eigenvalue weighted by Crippen LogP contribution is -1.99. The summed E-state index contributed by atoms with van der Waals surface area (Å²) in [5.74, 6) is 3.70. The smallest absolute Gasteiger partial charge is 0.384 e. The van der Waals surface area contributed by atoms with Crippen molar-refractivity contribution in [2.75, 3.05) is 12.8 Å². The van der Waals surface area contributed by atoms with Crippen LogP contribution < -0.4 is 5.73 Å². The third-order valence-corrected chi connectivity index (χ3v) is 1.60. The van der Waals surface area contributed by atoms with Crippen molar-refractivity contribution in [1.29, 1.82) is 0 Å². The number of nitrogens with two attached hydrogens (primary N) is 1. The Bertz CT molecular complexity index is 501. The topological polar surface area (TPSA) is 108 Å². The van der Waals surface area contributed by atoms with Gasteiger partial charge in [-0.2, -0.15) is 0 Å². The van der Waals surface area contributed by atoms with E-state index in [2.05, 4.69) is 21.6 Å². The summed E-state index contributed by atoms with van der Waals surface area (Å²) in [6, 6.07) is 1.14. The number of carbonyl (C=O) groups is 1. The zero-order valence-corrected chi connectivity index (χ0v) is 8.26. The molecule has 7 nitrogen and oxygen atoms in total. The Hall–Kier alpha value is -2.62. The molecule has 1 aromatic heterocycles. The van der Waals surface area contributed by atoms with Crippen LogP contribution in [0.15, 0.2) is 12.3 Å². The number of hydrogen-bond acceptors (Lipinski definition) is 6. The van der Waals surface area contributed by atoms with Crippen LogP contribution >= 0.6 is 0 Å². The first kappa shape index (κ1) is 11.5. The van der Waals surface area contributed by atoms with Crippen molar-refractivity contribution in [2.45, 2.75) is 0 Å². The van der Waals surface area contributed by atoms with Crippen LogP contribution in [0, 0.1) is 22.0 Å². The third-order valence-electron chi connectivity index (χ3n) is 1.60. The predicted molar refractivity (Wildman–Crippen MR) is 54.2 cm³/mol. The van der Waals surface area contributed by atoms with E-state index in [0.29, 0.717) is 0 Å².